The summed E-state index contributed by atoms with van der Waals surface area (Å²) in [6, 6.07) is 17.5. The Labute approximate surface area is 207 Å². The number of hydrogen-bond acceptors (Lipinski definition) is 7. The van der Waals surface area contributed by atoms with Gasteiger partial charge < -0.3 is 19.9 Å². The molecule has 1 aromatic heterocycles. The summed E-state index contributed by atoms with van der Waals surface area (Å²) >= 11 is 0. The van der Waals surface area contributed by atoms with E-state index in [1.165, 1.54) is 16.8 Å². The molecule has 5 heterocycles. The molecular weight excluding hydrogens is 436 g/mol. The Morgan fingerprint density at radius 1 is 1.20 bits per heavy atom. The van der Waals surface area contributed by atoms with Crippen LogP contribution in [0.3, 0.4) is 0 Å². The first kappa shape index (κ1) is 20.1. The molecule has 3 aromatic rings. The van der Waals surface area contributed by atoms with Crippen LogP contribution in [0.5, 0.6) is 0 Å². The van der Waals surface area contributed by atoms with Gasteiger partial charge in [0.05, 0.1) is 38.2 Å². The van der Waals surface area contributed by atoms with E-state index in [0.29, 0.717) is 23.2 Å². The van der Waals surface area contributed by atoms with Crippen LogP contribution in [0.15, 0.2) is 48.6 Å². The van der Waals surface area contributed by atoms with E-state index in [1.54, 1.807) is 6.07 Å². The van der Waals surface area contributed by atoms with Crippen LogP contribution in [-0.2, 0) is 11.3 Å². The zero-order chi connectivity index (χ0) is 24.4. The van der Waals surface area contributed by atoms with Gasteiger partial charge in [-0.05, 0) is 54.4 Å². The number of rotatable bonds is 2. The van der Waals surface area contributed by atoms with Crippen molar-refractivity contribution in [3.8, 4) is 6.07 Å². The number of nitrogens with zero attached hydrogens (tertiary/aromatic N) is 5. The van der Waals surface area contributed by atoms with Gasteiger partial charge in [-0.3, -0.25) is 9.88 Å². The standard InChI is InChI=1S/C28H30N6O/c1-19-13-32(25-7-4-20(12-29)27-24(25)3-2-8-31-27)15-26-23-6-5-22(11-21(23)14-34(19)26)33-17-28(18-33)16-30-9-10-35-28/h2-8,11,19,26,30H,9-10,13-18H2,1H3/t19-,26-/m1/s1/i8D. The third-order valence-electron chi connectivity index (χ3n) is 8.30. The van der Waals surface area contributed by atoms with Crippen LogP contribution in [-0.4, -0.2) is 67.4 Å². The molecule has 0 unspecified atom stereocenters. The highest BCUT2D eigenvalue weighted by Crippen LogP contribution is 2.43. The summed E-state index contributed by atoms with van der Waals surface area (Å²) in [5.41, 5.74) is 6.39. The van der Waals surface area contributed by atoms with Crippen molar-refractivity contribution in [2.24, 2.45) is 0 Å². The Balaban J connectivity index is 1.16. The maximum Gasteiger partial charge on any atom is 0.115 e. The van der Waals surface area contributed by atoms with Crippen LogP contribution in [0.2, 0.25) is 0 Å². The fraction of sp³-hybridized carbons (Fsp3) is 0.429. The van der Waals surface area contributed by atoms with Crippen molar-refractivity contribution in [3.05, 3.63) is 65.3 Å². The molecule has 3 saturated heterocycles. The Morgan fingerprint density at radius 2 is 2.11 bits per heavy atom. The molecule has 2 aromatic carbocycles. The van der Waals surface area contributed by atoms with E-state index < -0.39 is 0 Å². The number of piperazine rings is 1. The summed E-state index contributed by atoms with van der Waals surface area (Å²) in [4.78, 5) is 11.9. The van der Waals surface area contributed by atoms with Crippen molar-refractivity contribution >= 4 is 22.3 Å². The molecule has 0 bridgehead atoms. The number of anilines is 2. The van der Waals surface area contributed by atoms with Gasteiger partial charge >= 0.3 is 0 Å². The Hall–Kier alpha value is -3.18. The van der Waals surface area contributed by atoms with Crippen LogP contribution in [0.4, 0.5) is 11.4 Å². The van der Waals surface area contributed by atoms with Gasteiger partial charge in [0.15, 0.2) is 0 Å². The van der Waals surface area contributed by atoms with E-state index in [1.807, 2.05) is 12.1 Å². The van der Waals surface area contributed by atoms with E-state index in [2.05, 4.69) is 62.3 Å². The van der Waals surface area contributed by atoms with E-state index in [-0.39, 0.29) is 11.8 Å². The first-order valence-electron chi connectivity index (χ1n) is 13.1. The second kappa shape index (κ2) is 7.92. The highest BCUT2D eigenvalue weighted by Gasteiger charge is 2.46. The summed E-state index contributed by atoms with van der Waals surface area (Å²) in [5.74, 6) is 0. The lowest BCUT2D eigenvalue weighted by Gasteiger charge is -2.52. The number of hydrogen-bond donors (Lipinski definition) is 1. The summed E-state index contributed by atoms with van der Waals surface area (Å²) in [5, 5.41) is 14.0. The molecule has 2 atom stereocenters. The minimum atomic E-state index is -0.0107. The third kappa shape index (κ3) is 3.32. The van der Waals surface area contributed by atoms with Crippen molar-refractivity contribution in [2.75, 3.05) is 55.7 Å². The highest BCUT2D eigenvalue weighted by molar-refractivity contribution is 5.95. The van der Waals surface area contributed by atoms with Crippen LogP contribution in [0, 0.1) is 11.3 Å². The molecule has 7 nitrogen and oxygen atoms in total. The molecule has 35 heavy (non-hydrogen) atoms. The maximum atomic E-state index is 9.57. The fourth-order valence-corrected chi connectivity index (χ4v) is 6.52. The average molecular weight is 468 g/mol. The van der Waals surface area contributed by atoms with Gasteiger partial charge in [0.25, 0.3) is 0 Å². The SMILES string of the molecule is [2H]c1ccc2c(N3C[C@@H](C)N4Cc5cc(N6CC7(CNCCO7)C6)ccc5[C@H]4C3)ccc(C#N)c2n1. The molecule has 0 aliphatic carbocycles. The number of benzene rings is 2. The predicted molar refractivity (Wildman–Crippen MR) is 137 cm³/mol. The molecule has 178 valence electrons. The molecule has 7 heteroatoms. The molecular formula is C28H30N6O. The van der Waals surface area contributed by atoms with Crippen molar-refractivity contribution in [1.29, 1.82) is 5.26 Å². The molecule has 1 N–H and O–H groups in total. The van der Waals surface area contributed by atoms with E-state index in [9.17, 15) is 5.26 Å². The first-order chi connectivity index (χ1) is 17.5. The quantitative estimate of drug-likeness (QED) is 0.621. The van der Waals surface area contributed by atoms with Gasteiger partial charge in [0, 0.05) is 61.7 Å². The normalized spacial score (nSPS) is 25.7. The molecule has 3 fully saturated rings. The van der Waals surface area contributed by atoms with Crippen LogP contribution < -0.4 is 15.1 Å². The Morgan fingerprint density at radius 3 is 2.94 bits per heavy atom. The molecule has 1 spiro atoms. The van der Waals surface area contributed by atoms with Gasteiger partial charge in [0.1, 0.15) is 11.7 Å². The topological polar surface area (TPSA) is 67.7 Å². The molecule has 7 rings (SSSR count). The molecule has 0 amide bonds. The van der Waals surface area contributed by atoms with E-state index >= 15 is 0 Å². The number of ether oxygens (including phenoxy) is 1. The molecule has 4 aliphatic heterocycles. The predicted octanol–water partition coefficient (Wildman–Crippen LogP) is 3.05. The number of morpholine rings is 1. The smallest absolute Gasteiger partial charge is 0.115 e. The minimum Gasteiger partial charge on any atom is -0.369 e. The average Bonchev–Trinajstić information content (AvgIpc) is 3.25. The van der Waals surface area contributed by atoms with Gasteiger partial charge in [-0.2, -0.15) is 5.26 Å². The zero-order valence-corrected chi connectivity index (χ0v) is 20.0. The molecule has 0 radical (unpaired) electrons. The van der Waals surface area contributed by atoms with Crippen LogP contribution in [0.25, 0.3) is 10.9 Å². The minimum absolute atomic E-state index is 0.0107. The second-order valence-electron chi connectivity index (χ2n) is 10.5. The second-order valence-corrected chi connectivity index (χ2v) is 10.5. The summed E-state index contributed by atoms with van der Waals surface area (Å²) in [6.07, 6.45) is 0.189. The van der Waals surface area contributed by atoms with E-state index in [4.69, 9.17) is 6.11 Å². The lowest BCUT2D eigenvalue weighted by Crippen LogP contribution is -2.69. The number of pyridine rings is 1. The van der Waals surface area contributed by atoms with Gasteiger partial charge in [0.2, 0.25) is 0 Å². The molecule has 0 saturated carbocycles. The number of aromatic nitrogens is 1. The van der Waals surface area contributed by atoms with Crippen LogP contribution >= 0.6 is 0 Å². The van der Waals surface area contributed by atoms with Gasteiger partial charge in [-0.25, -0.2) is 0 Å². The molecule has 4 aliphatic rings. The number of nitrogens with one attached hydrogen (secondary N) is 1. The Bertz CT molecular complexity index is 1390. The first-order valence-corrected chi connectivity index (χ1v) is 12.6. The monoisotopic (exact) mass is 467 g/mol. The summed E-state index contributed by atoms with van der Waals surface area (Å²) < 4.78 is 14.0. The van der Waals surface area contributed by atoms with Crippen molar-refractivity contribution in [2.45, 2.75) is 31.2 Å². The van der Waals surface area contributed by atoms with Crippen molar-refractivity contribution < 1.29 is 6.11 Å². The van der Waals surface area contributed by atoms with Crippen molar-refractivity contribution in [1.82, 2.24) is 15.2 Å². The Kier molecular flexibility index (Phi) is 4.54. The van der Waals surface area contributed by atoms with Crippen LogP contribution in [0.1, 0.15) is 31.0 Å². The maximum absolute atomic E-state index is 9.57. The van der Waals surface area contributed by atoms with E-state index in [0.717, 1.165) is 63.5 Å². The lowest BCUT2D eigenvalue weighted by atomic mass is 9.91. The number of fused-ring (bicyclic) bond motifs is 4. The third-order valence-corrected chi connectivity index (χ3v) is 8.30. The fourth-order valence-electron chi connectivity index (χ4n) is 6.52. The number of nitriles is 1. The zero-order valence-electron chi connectivity index (χ0n) is 21.0. The summed E-state index contributed by atoms with van der Waals surface area (Å²) in [7, 11) is 0. The summed E-state index contributed by atoms with van der Waals surface area (Å²) in [6.45, 7) is 9.71. The largest absolute Gasteiger partial charge is 0.369 e. The van der Waals surface area contributed by atoms with Crippen molar-refractivity contribution in [3.63, 3.8) is 0 Å². The lowest BCUT2D eigenvalue weighted by molar-refractivity contribution is -0.0828. The van der Waals surface area contributed by atoms with Gasteiger partial charge in [-0.15, -0.1) is 0 Å². The highest BCUT2D eigenvalue weighted by atomic mass is 16.5. The van der Waals surface area contributed by atoms with Gasteiger partial charge in [-0.1, -0.05) is 6.07 Å².